The molecular formula is C24H28FN3O5S. The van der Waals surface area contributed by atoms with Gasteiger partial charge < -0.3 is 15.0 Å². The van der Waals surface area contributed by atoms with Gasteiger partial charge in [0.15, 0.2) is 0 Å². The molecule has 2 N–H and O–H groups in total. The molecule has 0 aromatic heterocycles. The van der Waals surface area contributed by atoms with Gasteiger partial charge in [-0.1, -0.05) is 0 Å². The topological polar surface area (TPSA) is 105 Å². The number of carbonyl (C=O) groups is 2. The van der Waals surface area contributed by atoms with E-state index in [1.807, 2.05) is 0 Å². The summed E-state index contributed by atoms with van der Waals surface area (Å²) in [5.74, 6) is -0.182. The third kappa shape index (κ3) is 5.56. The molecule has 34 heavy (non-hydrogen) atoms. The second-order valence-electron chi connectivity index (χ2n) is 8.71. The highest BCUT2D eigenvalue weighted by atomic mass is 32.2. The van der Waals surface area contributed by atoms with Crippen LogP contribution in [0.1, 0.15) is 32.6 Å². The van der Waals surface area contributed by atoms with Crippen molar-refractivity contribution in [2.45, 2.75) is 37.5 Å². The molecule has 1 saturated carbocycles. The van der Waals surface area contributed by atoms with E-state index in [1.165, 1.54) is 48.2 Å². The second-order valence-corrected chi connectivity index (χ2v) is 10.5. The Hall–Kier alpha value is -2.98. The Balaban J connectivity index is 1.31. The van der Waals surface area contributed by atoms with Gasteiger partial charge in [-0.3, -0.25) is 9.59 Å². The number of nitrogens with zero attached hydrogens (tertiary/aromatic N) is 1. The van der Waals surface area contributed by atoms with Crippen molar-refractivity contribution < 1.29 is 27.1 Å². The molecule has 0 unspecified atom stereocenters. The van der Waals surface area contributed by atoms with E-state index in [9.17, 15) is 22.4 Å². The van der Waals surface area contributed by atoms with Crippen LogP contribution in [0.3, 0.4) is 0 Å². The van der Waals surface area contributed by atoms with Crippen molar-refractivity contribution in [3.8, 4) is 5.75 Å². The van der Waals surface area contributed by atoms with Gasteiger partial charge in [0.05, 0.1) is 17.1 Å². The van der Waals surface area contributed by atoms with Crippen LogP contribution in [0.5, 0.6) is 5.75 Å². The standard InChI is InChI=1S/C24H28FN3O5S/c1-16(29)28-12-13-33-23-11-10-21(14-22(23)28)34(31,32)26-15-17-2-4-18(5-3-17)24(30)27-20-8-6-19(25)7-9-20/h6-11,14,17-18,26H,2-5,12-13,15H2,1H3,(H,27,30). The van der Waals surface area contributed by atoms with Gasteiger partial charge in [-0.25, -0.2) is 17.5 Å². The maximum atomic E-state index is 13.0. The van der Waals surface area contributed by atoms with Crippen molar-refractivity contribution in [1.29, 1.82) is 0 Å². The number of rotatable bonds is 6. The molecule has 182 valence electrons. The fraction of sp³-hybridized carbons (Fsp3) is 0.417. The smallest absolute Gasteiger partial charge is 0.240 e. The van der Waals surface area contributed by atoms with Gasteiger partial charge in [0.2, 0.25) is 21.8 Å². The SMILES string of the molecule is CC(=O)N1CCOc2ccc(S(=O)(=O)NCC3CCC(C(=O)Nc4ccc(F)cc4)CC3)cc21. The largest absolute Gasteiger partial charge is 0.490 e. The number of hydrogen-bond acceptors (Lipinski definition) is 5. The summed E-state index contributed by atoms with van der Waals surface area (Å²) in [7, 11) is -3.77. The van der Waals surface area contributed by atoms with Gasteiger partial charge in [0.1, 0.15) is 18.2 Å². The van der Waals surface area contributed by atoms with Crippen LogP contribution in [0.2, 0.25) is 0 Å². The van der Waals surface area contributed by atoms with Crippen LogP contribution in [0.4, 0.5) is 15.8 Å². The third-order valence-corrected chi connectivity index (χ3v) is 7.80. The van der Waals surface area contributed by atoms with E-state index in [1.54, 1.807) is 6.07 Å². The second kappa shape index (κ2) is 10.1. The van der Waals surface area contributed by atoms with Gasteiger partial charge in [0, 0.05) is 25.1 Å². The first-order chi connectivity index (χ1) is 16.2. The van der Waals surface area contributed by atoms with Crippen molar-refractivity contribution in [1.82, 2.24) is 4.72 Å². The molecule has 0 saturated heterocycles. The molecule has 0 radical (unpaired) electrons. The quantitative estimate of drug-likeness (QED) is 0.648. The zero-order valence-corrected chi connectivity index (χ0v) is 19.7. The maximum Gasteiger partial charge on any atom is 0.240 e. The number of ether oxygens (including phenoxy) is 1. The molecule has 1 heterocycles. The van der Waals surface area contributed by atoms with Gasteiger partial charge in [-0.15, -0.1) is 0 Å². The molecule has 0 bridgehead atoms. The van der Waals surface area contributed by atoms with Crippen LogP contribution in [0.25, 0.3) is 0 Å². The Bertz CT molecular complexity index is 1160. The van der Waals surface area contributed by atoms with Crippen molar-refractivity contribution in [2.24, 2.45) is 11.8 Å². The highest BCUT2D eigenvalue weighted by molar-refractivity contribution is 7.89. The first-order valence-corrected chi connectivity index (χ1v) is 12.8. The lowest BCUT2D eigenvalue weighted by Crippen LogP contribution is -2.37. The predicted octanol–water partition coefficient (Wildman–Crippen LogP) is 3.29. The van der Waals surface area contributed by atoms with Crippen molar-refractivity contribution >= 4 is 33.2 Å². The average molecular weight is 490 g/mol. The molecule has 2 aromatic rings. The van der Waals surface area contributed by atoms with Crippen molar-refractivity contribution in [3.05, 3.63) is 48.3 Å². The molecule has 8 nitrogen and oxygen atoms in total. The molecule has 0 spiro atoms. The fourth-order valence-corrected chi connectivity index (χ4v) is 5.54. The lowest BCUT2D eigenvalue weighted by Gasteiger charge is -2.29. The Morgan fingerprint density at radius 2 is 1.79 bits per heavy atom. The number of anilines is 2. The Labute approximate surface area is 198 Å². The summed E-state index contributed by atoms with van der Waals surface area (Å²) in [4.78, 5) is 26.0. The van der Waals surface area contributed by atoms with Crippen LogP contribution in [0.15, 0.2) is 47.4 Å². The minimum Gasteiger partial charge on any atom is -0.490 e. The van der Waals surface area contributed by atoms with E-state index in [-0.39, 0.29) is 40.9 Å². The van der Waals surface area contributed by atoms with Crippen LogP contribution in [-0.4, -0.2) is 39.9 Å². The number of sulfonamides is 1. The molecule has 2 amide bonds. The molecule has 0 atom stereocenters. The normalized spacial score (nSPS) is 20.2. The number of fused-ring (bicyclic) bond motifs is 1. The molecule has 4 rings (SSSR count). The van der Waals surface area contributed by atoms with E-state index in [2.05, 4.69) is 10.0 Å². The Kier molecular flexibility index (Phi) is 7.18. The van der Waals surface area contributed by atoms with Crippen LogP contribution in [0, 0.1) is 17.7 Å². The van der Waals surface area contributed by atoms with Gasteiger partial charge >= 0.3 is 0 Å². The molecular weight excluding hydrogens is 461 g/mol. The van der Waals surface area contributed by atoms with Crippen molar-refractivity contribution in [2.75, 3.05) is 29.9 Å². The number of halogens is 1. The summed E-state index contributed by atoms with van der Waals surface area (Å²) < 4.78 is 47.0. The van der Waals surface area contributed by atoms with E-state index >= 15 is 0 Å². The lowest BCUT2D eigenvalue weighted by atomic mass is 9.81. The molecule has 1 fully saturated rings. The van der Waals surface area contributed by atoms with E-state index in [0.717, 1.165) is 12.8 Å². The molecule has 1 aliphatic heterocycles. The molecule has 2 aliphatic rings. The number of benzene rings is 2. The summed E-state index contributed by atoms with van der Waals surface area (Å²) >= 11 is 0. The van der Waals surface area contributed by atoms with Crippen LogP contribution >= 0.6 is 0 Å². The summed E-state index contributed by atoms with van der Waals surface area (Å²) in [5.41, 5.74) is 1.01. The van der Waals surface area contributed by atoms with E-state index in [0.29, 0.717) is 43.1 Å². The first kappa shape index (κ1) is 24.2. The Morgan fingerprint density at radius 1 is 1.09 bits per heavy atom. The number of hydrogen-bond donors (Lipinski definition) is 2. The Morgan fingerprint density at radius 3 is 2.47 bits per heavy atom. The average Bonchev–Trinajstić information content (AvgIpc) is 2.83. The molecule has 10 heteroatoms. The summed E-state index contributed by atoms with van der Waals surface area (Å²) in [6, 6.07) is 10.2. The predicted molar refractivity (Wildman–Crippen MR) is 126 cm³/mol. The first-order valence-electron chi connectivity index (χ1n) is 11.3. The highest BCUT2D eigenvalue weighted by Crippen LogP contribution is 2.34. The molecule has 2 aromatic carbocycles. The molecule has 1 aliphatic carbocycles. The number of amides is 2. The third-order valence-electron chi connectivity index (χ3n) is 6.38. The van der Waals surface area contributed by atoms with Crippen LogP contribution < -0.4 is 19.7 Å². The zero-order chi connectivity index (χ0) is 24.3. The minimum atomic E-state index is -3.77. The van der Waals surface area contributed by atoms with E-state index in [4.69, 9.17) is 4.74 Å². The minimum absolute atomic E-state index is 0.0790. The van der Waals surface area contributed by atoms with Crippen molar-refractivity contribution in [3.63, 3.8) is 0 Å². The fourth-order valence-electron chi connectivity index (χ4n) is 4.41. The van der Waals surface area contributed by atoms with E-state index < -0.39 is 10.0 Å². The monoisotopic (exact) mass is 489 g/mol. The van der Waals surface area contributed by atoms with Gasteiger partial charge in [-0.2, -0.15) is 0 Å². The number of carbonyl (C=O) groups excluding carboxylic acids is 2. The zero-order valence-electron chi connectivity index (χ0n) is 18.9. The summed E-state index contributed by atoms with van der Waals surface area (Å²) in [6.45, 7) is 2.45. The maximum absolute atomic E-state index is 13.0. The highest BCUT2D eigenvalue weighted by Gasteiger charge is 2.28. The van der Waals surface area contributed by atoms with Gasteiger partial charge in [0.25, 0.3) is 0 Å². The van der Waals surface area contributed by atoms with Gasteiger partial charge in [-0.05, 0) is 74.1 Å². The number of nitrogens with one attached hydrogen (secondary N) is 2. The summed E-state index contributed by atoms with van der Waals surface area (Å²) in [5, 5.41) is 2.81. The lowest BCUT2D eigenvalue weighted by molar-refractivity contribution is -0.121. The summed E-state index contributed by atoms with van der Waals surface area (Å²) in [6.07, 6.45) is 2.76. The van der Waals surface area contributed by atoms with Crippen LogP contribution in [-0.2, 0) is 19.6 Å².